The number of carboxylic acids is 1. The Kier molecular flexibility index (Phi) is 3.19. The van der Waals surface area contributed by atoms with Gasteiger partial charge in [0.1, 0.15) is 5.56 Å². The van der Waals surface area contributed by atoms with Gasteiger partial charge in [0.2, 0.25) is 0 Å². The van der Waals surface area contributed by atoms with Gasteiger partial charge in [-0.1, -0.05) is 6.07 Å². The number of aromatic carboxylic acids is 1. The fourth-order valence-corrected chi connectivity index (χ4v) is 1.33. The van der Waals surface area contributed by atoms with Crippen LogP contribution < -0.4 is 10.5 Å². The fraction of sp³-hybridized carbons (Fsp3) is 0.364. The maximum Gasteiger partial charge on any atom is 0.339 e. The van der Waals surface area contributed by atoms with E-state index in [0.717, 1.165) is 0 Å². The Balaban J connectivity index is 3.31. The van der Waals surface area contributed by atoms with Gasteiger partial charge in [0.05, 0.1) is 11.8 Å². The van der Waals surface area contributed by atoms with E-state index in [-0.39, 0.29) is 17.4 Å². The van der Waals surface area contributed by atoms with Gasteiger partial charge in [0.25, 0.3) is 0 Å². The number of rotatable bonds is 3. The third kappa shape index (κ3) is 2.40. The molecular formula is C11H15NO3. The molecule has 0 fully saturated rings. The van der Waals surface area contributed by atoms with Crippen LogP contribution in [0.1, 0.15) is 29.8 Å². The maximum absolute atomic E-state index is 11.0. The highest BCUT2D eigenvalue weighted by Gasteiger charge is 2.18. The predicted molar refractivity (Wildman–Crippen MR) is 58.3 cm³/mol. The number of ether oxygens (including phenoxy) is 1. The van der Waals surface area contributed by atoms with E-state index in [4.69, 9.17) is 15.6 Å². The van der Waals surface area contributed by atoms with E-state index >= 15 is 0 Å². The zero-order valence-corrected chi connectivity index (χ0v) is 9.07. The Bertz CT molecular complexity index is 386. The summed E-state index contributed by atoms with van der Waals surface area (Å²) >= 11 is 0. The summed E-state index contributed by atoms with van der Waals surface area (Å²) in [5.74, 6) is -0.757. The molecule has 3 N–H and O–H groups in total. The second-order valence-corrected chi connectivity index (χ2v) is 3.65. The van der Waals surface area contributed by atoms with E-state index < -0.39 is 5.97 Å². The van der Waals surface area contributed by atoms with Crippen molar-refractivity contribution >= 4 is 11.7 Å². The van der Waals surface area contributed by atoms with Crippen LogP contribution in [0.2, 0.25) is 0 Å². The van der Waals surface area contributed by atoms with Crippen molar-refractivity contribution in [1.82, 2.24) is 0 Å². The number of carbonyl (C=O) groups is 1. The third-order valence-electron chi connectivity index (χ3n) is 1.96. The molecule has 0 spiro atoms. The number of hydrogen-bond donors (Lipinski definition) is 2. The van der Waals surface area contributed by atoms with Crippen LogP contribution in [-0.4, -0.2) is 17.2 Å². The van der Waals surface area contributed by atoms with Gasteiger partial charge in [0, 0.05) is 0 Å². The third-order valence-corrected chi connectivity index (χ3v) is 1.96. The Morgan fingerprint density at radius 1 is 1.47 bits per heavy atom. The second kappa shape index (κ2) is 4.21. The molecule has 0 aliphatic rings. The molecule has 0 aromatic heterocycles. The van der Waals surface area contributed by atoms with Gasteiger partial charge >= 0.3 is 5.97 Å². The molecule has 0 unspecified atom stereocenters. The molecule has 0 amide bonds. The standard InChI is InChI=1S/C11H15NO3/c1-6(2)15-10-8(12)5-4-7(3)9(10)11(13)14/h4-6H,12H2,1-3H3,(H,13,14). The minimum Gasteiger partial charge on any atom is -0.488 e. The number of aryl methyl sites for hydroxylation is 1. The molecule has 0 bridgehead atoms. The molecule has 4 heteroatoms. The van der Waals surface area contributed by atoms with Crippen molar-refractivity contribution in [2.45, 2.75) is 26.9 Å². The lowest BCUT2D eigenvalue weighted by Gasteiger charge is -2.15. The van der Waals surface area contributed by atoms with Crippen LogP contribution in [-0.2, 0) is 0 Å². The smallest absolute Gasteiger partial charge is 0.339 e. The van der Waals surface area contributed by atoms with Crippen LogP contribution in [0.4, 0.5) is 5.69 Å². The zero-order chi connectivity index (χ0) is 11.6. The zero-order valence-electron chi connectivity index (χ0n) is 9.07. The topological polar surface area (TPSA) is 72.5 Å². The largest absolute Gasteiger partial charge is 0.488 e. The summed E-state index contributed by atoms with van der Waals surface area (Å²) in [6.45, 7) is 5.37. The lowest BCUT2D eigenvalue weighted by molar-refractivity contribution is 0.0690. The first-order valence-corrected chi connectivity index (χ1v) is 4.72. The summed E-state index contributed by atoms with van der Waals surface area (Å²) in [6.07, 6.45) is -0.104. The lowest BCUT2D eigenvalue weighted by atomic mass is 10.1. The van der Waals surface area contributed by atoms with Crippen LogP contribution in [0.15, 0.2) is 12.1 Å². The highest BCUT2D eigenvalue weighted by atomic mass is 16.5. The van der Waals surface area contributed by atoms with Gasteiger partial charge in [0.15, 0.2) is 5.75 Å². The normalized spacial score (nSPS) is 10.4. The number of nitrogens with two attached hydrogens (primary N) is 1. The number of anilines is 1. The van der Waals surface area contributed by atoms with Crippen molar-refractivity contribution < 1.29 is 14.6 Å². The summed E-state index contributed by atoms with van der Waals surface area (Å²) in [7, 11) is 0. The molecule has 1 aromatic rings. The Morgan fingerprint density at radius 3 is 2.53 bits per heavy atom. The molecule has 1 rings (SSSR count). The molecule has 15 heavy (non-hydrogen) atoms. The highest BCUT2D eigenvalue weighted by molar-refractivity contribution is 5.94. The number of hydrogen-bond acceptors (Lipinski definition) is 3. The van der Waals surface area contributed by atoms with Crippen molar-refractivity contribution in [2.24, 2.45) is 0 Å². The van der Waals surface area contributed by atoms with Crippen LogP contribution in [0, 0.1) is 6.92 Å². The highest BCUT2D eigenvalue weighted by Crippen LogP contribution is 2.30. The number of nitrogen functional groups attached to an aromatic ring is 1. The van der Waals surface area contributed by atoms with E-state index in [0.29, 0.717) is 11.3 Å². The Labute approximate surface area is 88.7 Å². The molecule has 0 aliphatic carbocycles. The minimum absolute atomic E-state index is 0.104. The van der Waals surface area contributed by atoms with Gasteiger partial charge in [-0.3, -0.25) is 0 Å². The molecule has 0 saturated carbocycles. The Morgan fingerprint density at radius 2 is 2.07 bits per heavy atom. The van der Waals surface area contributed by atoms with E-state index in [1.54, 1.807) is 19.1 Å². The molecule has 82 valence electrons. The summed E-state index contributed by atoms with van der Waals surface area (Å²) in [5.41, 5.74) is 6.83. The second-order valence-electron chi connectivity index (χ2n) is 3.65. The van der Waals surface area contributed by atoms with Gasteiger partial charge in [-0.05, 0) is 32.4 Å². The molecule has 0 radical (unpaired) electrons. The lowest BCUT2D eigenvalue weighted by Crippen LogP contribution is -2.13. The van der Waals surface area contributed by atoms with E-state index in [2.05, 4.69) is 0 Å². The molecule has 0 saturated heterocycles. The summed E-state index contributed by atoms with van der Waals surface area (Å²) in [4.78, 5) is 11.0. The molecule has 0 atom stereocenters. The van der Waals surface area contributed by atoms with Gasteiger partial charge in [-0.2, -0.15) is 0 Å². The summed E-state index contributed by atoms with van der Waals surface area (Å²) in [5, 5.41) is 9.05. The van der Waals surface area contributed by atoms with Crippen molar-refractivity contribution in [2.75, 3.05) is 5.73 Å². The quantitative estimate of drug-likeness (QED) is 0.747. The van der Waals surface area contributed by atoms with Gasteiger partial charge < -0.3 is 15.6 Å². The molecule has 4 nitrogen and oxygen atoms in total. The molecular weight excluding hydrogens is 194 g/mol. The minimum atomic E-state index is -1.02. The first kappa shape index (κ1) is 11.4. The molecule has 0 heterocycles. The number of benzene rings is 1. The SMILES string of the molecule is Cc1ccc(N)c(OC(C)C)c1C(=O)O. The molecule has 1 aromatic carbocycles. The van der Waals surface area contributed by atoms with Crippen LogP contribution in [0.25, 0.3) is 0 Å². The van der Waals surface area contributed by atoms with Crippen molar-refractivity contribution in [3.05, 3.63) is 23.3 Å². The first-order chi connectivity index (χ1) is 6.93. The van der Waals surface area contributed by atoms with Gasteiger partial charge in [-0.15, -0.1) is 0 Å². The van der Waals surface area contributed by atoms with Crippen LogP contribution >= 0.6 is 0 Å². The van der Waals surface area contributed by atoms with Crippen molar-refractivity contribution in [1.29, 1.82) is 0 Å². The van der Waals surface area contributed by atoms with Crippen molar-refractivity contribution in [3.8, 4) is 5.75 Å². The average Bonchev–Trinajstić information content (AvgIpc) is 2.10. The Hall–Kier alpha value is -1.71. The van der Waals surface area contributed by atoms with E-state index in [9.17, 15) is 4.79 Å². The van der Waals surface area contributed by atoms with E-state index in [1.165, 1.54) is 0 Å². The van der Waals surface area contributed by atoms with Gasteiger partial charge in [-0.25, -0.2) is 4.79 Å². The van der Waals surface area contributed by atoms with E-state index in [1.807, 2.05) is 13.8 Å². The predicted octanol–water partition coefficient (Wildman–Crippen LogP) is 2.06. The first-order valence-electron chi connectivity index (χ1n) is 4.72. The number of carboxylic acid groups (broad SMARTS) is 1. The van der Waals surface area contributed by atoms with Crippen LogP contribution in [0.5, 0.6) is 5.75 Å². The maximum atomic E-state index is 11.0. The summed E-state index contributed by atoms with van der Waals surface area (Å²) < 4.78 is 5.41. The fourth-order valence-electron chi connectivity index (χ4n) is 1.33. The average molecular weight is 209 g/mol. The van der Waals surface area contributed by atoms with Crippen LogP contribution in [0.3, 0.4) is 0 Å². The van der Waals surface area contributed by atoms with Crippen molar-refractivity contribution in [3.63, 3.8) is 0 Å². The monoisotopic (exact) mass is 209 g/mol. The summed E-state index contributed by atoms with van der Waals surface area (Å²) in [6, 6.07) is 3.32. The molecule has 0 aliphatic heterocycles.